The predicted molar refractivity (Wildman–Crippen MR) is 59.4 cm³/mol. The lowest BCUT2D eigenvalue weighted by atomic mass is 10.5. The van der Waals surface area contributed by atoms with Gasteiger partial charge >= 0.3 is 6.09 Å². The van der Waals surface area contributed by atoms with Crippen LogP contribution in [0.3, 0.4) is 0 Å². The number of nitrogens with zero attached hydrogens (tertiary/aromatic N) is 3. The van der Waals surface area contributed by atoms with Gasteiger partial charge in [-0.25, -0.2) is 9.48 Å². The molecule has 0 atom stereocenters. The Labute approximate surface area is 99.6 Å². The normalized spacial score (nSPS) is 10.4. The first-order chi connectivity index (χ1) is 7.54. The first-order valence-electron chi connectivity index (χ1n) is 4.22. The zero-order valence-electron chi connectivity index (χ0n) is 8.60. The second kappa shape index (κ2) is 5.40. The molecular weight excluding hydrogens is 280 g/mol. The molecule has 8 heteroatoms. The van der Waals surface area contributed by atoms with E-state index < -0.39 is 6.09 Å². The van der Waals surface area contributed by atoms with E-state index in [1.807, 2.05) is 0 Å². The number of halogens is 1. The van der Waals surface area contributed by atoms with E-state index in [1.54, 1.807) is 0 Å². The molecule has 1 amide bonds. The summed E-state index contributed by atoms with van der Waals surface area (Å²) in [6.45, 7) is 1.38. The van der Waals surface area contributed by atoms with Gasteiger partial charge in [0.05, 0.1) is 10.7 Å². The van der Waals surface area contributed by atoms with Gasteiger partial charge in [0.15, 0.2) is 0 Å². The van der Waals surface area contributed by atoms with Crippen LogP contribution in [0.1, 0.15) is 17.4 Å². The van der Waals surface area contributed by atoms with E-state index >= 15 is 0 Å². The zero-order valence-corrected chi connectivity index (χ0v) is 10.2. The van der Waals surface area contributed by atoms with Crippen LogP contribution in [0.5, 0.6) is 0 Å². The first kappa shape index (κ1) is 12.4. The van der Waals surface area contributed by atoms with Crippen molar-refractivity contribution in [2.45, 2.75) is 6.92 Å². The minimum Gasteiger partial charge on any atom is -0.323 e. The fourth-order valence-corrected chi connectivity index (χ4v) is 1.16. The predicted octanol–water partition coefficient (Wildman–Crippen LogP) is 0.996. The molecule has 0 fully saturated rings. The molecular formula is C8H9BrN4O3. The second-order valence-electron chi connectivity index (χ2n) is 2.69. The summed E-state index contributed by atoms with van der Waals surface area (Å²) in [5.74, 6) is -0.229. The van der Waals surface area contributed by atoms with Crippen molar-refractivity contribution in [3.63, 3.8) is 0 Å². The van der Waals surface area contributed by atoms with Gasteiger partial charge in [-0.3, -0.25) is 9.63 Å². The Hall–Kier alpha value is -1.70. The zero-order chi connectivity index (χ0) is 12.1. The number of aromatic nitrogens is 2. The minimum atomic E-state index is -0.682. The van der Waals surface area contributed by atoms with Crippen molar-refractivity contribution >= 4 is 34.1 Å². The maximum atomic E-state index is 11.0. The lowest BCUT2D eigenvalue weighted by Crippen LogP contribution is -2.16. The molecule has 0 aliphatic rings. The van der Waals surface area contributed by atoms with Gasteiger partial charge in [0.2, 0.25) is 5.91 Å². The quantitative estimate of drug-likeness (QED) is 0.500. The Morgan fingerprint density at radius 3 is 2.88 bits per heavy atom. The van der Waals surface area contributed by atoms with Gasteiger partial charge in [-0.05, 0) is 15.9 Å². The van der Waals surface area contributed by atoms with Crippen LogP contribution in [0.15, 0.2) is 15.8 Å². The highest BCUT2D eigenvalue weighted by Gasteiger charge is 2.07. The number of oxime groups is 1. The standard InChI is InChI=1S/C8H9BrN4O3/c1-5(14)13-4-6(9)7(12-13)3-11-16-8(15)10-2/h3-4H,1-2H3,(H,10,15)/b11-3-. The number of hydrogen-bond donors (Lipinski definition) is 1. The van der Waals surface area contributed by atoms with Gasteiger partial charge in [-0.2, -0.15) is 5.10 Å². The summed E-state index contributed by atoms with van der Waals surface area (Å²) in [5.41, 5.74) is 0.388. The number of hydrogen-bond acceptors (Lipinski definition) is 5. The van der Waals surface area contributed by atoms with Crippen LogP contribution in [-0.2, 0) is 4.84 Å². The van der Waals surface area contributed by atoms with Crippen molar-refractivity contribution in [3.8, 4) is 0 Å². The maximum Gasteiger partial charge on any atom is 0.433 e. The molecule has 0 bridgehead atoms. The summed E-state index contributed by atoms with van der Waals surface area (Å²) in [4.78, 5) is 26.0. The third-order valence-corrected chi connectivity index (χ3v) is 2.14. The average molecular weight is 289 g/mol. The van der Waals surface area contributed by atoms with E-state index in [2.05, 4.69) is 36.3 Å². The summed E-state index contributed by atoms with van der Waals surface area (Å²) < 4.78 is 1.72. The molecule has 0 spiro atoms. The number of carbonyl (C=O) groups is 2. The van der Waals surface area contributed by atoms with Gasteiger partial charge in [0.25, 0.3) is 0 Å². The molecule has 0 unspecified atom stereocenters. The van der Waals surface area contributed by atoms with E-state index in [1.165, 1.54) is 26.4 Å². The molecule has 1 N–H and O–H groups in total. The number of carbonyl (C=O) groups excluding carboxylic acids is 2. The summed E-state index contributed by atoms with van der Waals surface area (Å²) in [7, 11) is 1.41. The topological polar surface area (TPSA) is 85.6 Å². The van der Waals surface area contributed by atoms with Crippen LogP contribution in [0.25, 0.3) is 0 Å². The summed E-state index contributed by atoms with van der Waals surface area (Å²) in [5, 5.41) is 9.51. The molecule has 1 aromatic heterocycles. The van der Waals surface area contributed by atoms with E-state index in [4.69, 9.17) is 0 Å². The van der Waals surface area contributed by atoms with Gasteiger partial charge < -0.3 is 5.32 Å². The smallest absolute Gasteiger partial charge is 0.323 e. The molecule has 0 saturated carbocycles. The molecule has 86 valence electrons. The van der Waals surface area contributed by atoms with Gasteiger partial charge in [0, 0.05) is 20.2 Å². The molecule has 0 aliphatic heterocycles. The summed E-state index contributed by atoms with van der Waals surface area (Å²) in [6, 6.07) is 0. The van der Waals surface area contributed by atoms with Crippen molar-refractivity contribution in [1.82, 2.24) is 15.1 Å². The van der Waals surface area contributed by atoms with Crippen LogP contribution < -0.4 is 5.32 Å². The highest BCUT2D eigenvalue weighted by atomic mass is 79.9. The van der Waals surface area contributed by atoms with Crippen molar-refractivity contribution in [3.05, 3.63) is 16.4 Å². The van der Waals surface area contributed by atoms with Crippen LogP contribution in [-0.4, -0.2) is 35.0 Å². The summed E-state index contributed by atoms with van der Waals surface area (Å²) >= 11 is 3.19. The van der Waals surface area contributed by atoms with Gasteiger partial charge in [0.1, 0.15) is 5.69 Å². The van der Waals surface area contributed by atoms with E-state index in [0.717, 1.165) is 4.68 Å². The van der Waals surface area contributed by atoms with Gasteiger partial charge in [-0.1, -0.05) is 5.16 Å². The van der Waals surface area contributed by atoms with Crippen molar-refractivity contribution in [2.24, 2.45) is 5.16 Å². The first-order valence-corrected chi connectivity index (χ1v) is 5.02. The lowest BCUT2D eigenvalue weighted by molar-refractivity contribution is 0.0921. The molecule has 1 heterocycles. The molecule has 0 radical (unpaired) electrons. The van der Waals surface area contributed by atoms with Crippen LogP contribution in [0.4, 0.5) is 4.79 Å². The van der Waals surface area contributed by atoms with Crippen LogP contribution in [0.2, 0.25) is 0 Å². The highest BCUT2D eigenvalue weighted by Crippen LogP contribution is 2.12. The van der Waals surface area contributed by atoms with Crippen molar-refractivity contribution in [1.29, 1.82) is 0 Å². The Bertz CT molecular complexity index is 440. The van der Waals surface area contributed by atoms with E-state index in [0.29, 0.717) is 10.2 Å². The SMILES string of the molecule is CNC(=O)O/N=C\c1nn(C(C)=O)cc1Br. The van der Waals surface area contributed by atoms with Crippen LogP contribution in [0, 0.1) is 0 Å². The minimum absolute atomic E-state index is 0.229. The average Bonchev–Trinajstić information content (AvgIpc) is 2.60. The van der Waals surface area contributed by atoms with Crippen molar-refractivity contribution < 1.29 is 14.4 Å². The van der Waals surface area contributed by atoms with E-state index in [-0.39, 0.29) is 5.91 Å². The second-order valence-corrected chi connectivity index (χ2v) is 3.54. The van der Waals surface area contributed by atoms with Gasteiger partial charge in [-0.15, -0.1) is 0 Å². The molecule has 0 saturated heterocycles. The maximum absolute atomic E-state index is 11.0. The molecule has 1 aromatic rings. The fourth-order valence-electron chi connectivity index (χ4n) is 0.785. The molecule has 0 aromatic carbocycles. The Morgan fingerprint density at radius 1 is 1.69 bits per heavy atom. The van der Waals surface area contributed by atoms with Crippen LogP contribution >= 0.6 is 15.9 Å². The largest absolute Gasteiger partial charge is 0.433 e. The molecule has 16 heavy (non-hydrogen) atoms. The highest BCUT2D eigenvalue weighted by molar-refractivity contribution is 9.10. The van der Waals surface area contributed by atoms with Crippen molar-refractivity contribution in [2.75, 3.05) is 7.05 Å². The Kier molecular flexibility index (Phi) is 4.18. The lowest BCUT2D eigenvalue weighted by Gasteiger charge is -1.92. The molecule has 0 aliphatic carbocycles. The Morgan fingerprint density at radius 2 is 2.38 bits per heavy atom. The van der Waals surface area contributed by atoms with E-state index in [9.17, 15) is 9.59 Å². The number of amides is 1. The summed E-state index contributed by atoms with van der Waals surface area (Å²) in [6.07, 6.45) is 2.03. The molecule has 1 rings (SSSR count). The number of rotatable bonds is 2. The third kappa shape index (κ3) is 3.16. The number of nitrogens with one attached hydrogen (secondary N) is 1. The third-order valence-electron chi connectivity index (χ3n) is 1.53. The fraction of sp³-hybridized carbons (Fsp3) is 0.250. The monoisotopic (exact) mass is 288 g/mol. The molecule has 7 nitrogen and oxygen atoms in total. The Balaban J connectivity index is 2.74.